The molecule has 1 aromatic rings. The molecule has 3 rings (SSSR count). The third kappa shape index (κ3) is 3.47. The molecule has 1 aromatic carbocycles. The summed E-state index contributed by atoms with van der Waals surface area (Å²) in [6, 6.07) is 5.76. The quantitative estimate of drug-likeness (QED) is 0.806. The number of benzene rings is 1. The van der Waals surface area contributed by atoms with Crippen LogP contribution in [0, 0.1) is 5.92 Å². The largest absolute Gasteiger partial charge is 0.480 e. The molecule has 1 aliphatic carbocycles. The second kappa shape index (κ2) is 5.93. The molecule has 0 aromatic heterocycles. The first kappa shape index (κ1) is 14.2. The summed E-state index contributed by atoms with van der Waals surface area (Å²) in [6.45, 7) is 2.34. The Bertz CT molecular complexity index is 527. The predicted molar refractivity (Wildman–Crippen MR) is 77.6 cm³/mol. The Morgan fingerprint density at radius 3 is 2.86 bits per heavy atom. The van der Waals surface area contributed by atoms with Gasteiger partial charge in [0.15, 0.2) is 11.5 Å². The van der Waals surface area contributed by atoms with Crippen LogP contribution >= 0.6 is 0 Å². The maximum atomic E-state index is 11.2. The van der Waals surface area contributed by atoms with Crippen LogP contribution in [0.2, 0.25) is 0 Å². The predicted octanol–water partition coefficient (Wildman–Crippen LogP) is 2.19. The first-order chi connectivity index (χ1) is 10.1. The Hall–Kier alpha value is -1.75. The van der Waals surface area contributed by atoms with E-state index in [1.165, 1.54) is 5.56 Å². The van der Waals surface area contributed by atoms with Crippen LogP contribution in [0.25, 0.3) is 0 Å². The minimum atomic E-state index is -0.729. The summed E-state index contributed by atoms with van der Waals surface area (Å²) in [5.74, 6) is 1.18. The highest BCUT2D eigenvalue weighted by Gasteiger charge is 2.36. The second-order valence-electron chi connectivity index (χ2n) is 5.95. The first-order valence-electron chi connectivity index (χ1n) is 7.51. The Morgan fingerprint density at radius 2 is 2.14 bits per heavy atom. The van der Waals surface area contributed by atoms with Crippen LogP contribution < -0.4 is 14.8 Å². The monoisotopic (exact) mass is 291 g/mol. The standard InChI is InChI=1S/C16H21NO4/c1-10(17-15(16(18)19)12-5-6-12)2-3-11-4-7-13-14(8-11)21-9-20-13/h4,7-8,10,12,15,17H,2-3,5-6,9H2,1H3,(H,18,19). The minimum Gasteiger partial charge on any atom is -0.480 e. The molecule has 2 atom stereocenters. The number of fused-ring (bicyclic) bond motifs is 1. The van der Waals surface area contributed by atoms with Gasteiger partial charge in [-0.3, -0.25) is 4.79 Å². The van der Waals surface area contributed by atoms with Crippen molar-refractivity contribution in [1.82, 2.24) is 5.32 Å². The fraction of sp³-hybridized carbons (Fsp3) is 0.562. The van der Waals surface area contributed by atoms with Gasteiger partial charge >= 0.3 is 5.97 Å². The molecule has 2 unspecified atom stereocenters. The number of carboxylic acids is 1. The van der Waals surface area contributed by atoms with Crippen LogP contribution in [0.5, 0.6) is 11.5 Å². The Labute approximate surface area is 124 Å². The van der Waals surface area contributed by atoms with Crippen molar-refractivity contribution in [1.29, 1.82) is 0 Å². The van der Waals surface area contributed by atoms with E-state index in [0.717, 1.165) is 37.2 Å². The molecule has 0 amide bonds. The molecule has 1 aliphatic heterocycles. The molecule has 114 valence electrons. The zero-order valence-corrected chi connectivity index (χ0v) is 12.2. The summed E-state index contributed by atoms with van der Waals surface area (Å²) in [6.07, 6.45) is 3.84. The van der Waals surface area contributed by atoms with Crippen molar-refractivity contribution >= 4 is 5.97 Å². The highest BCUT2D eigenvalue weighted by Crippen LogP contribution is 2.34. The number of aryl methyl sites for hydroxylation is 1. The smallest absolute Gasteiger partial charge is 0.320 e. The van der Waals surface area contributed by atoms with Gasteiger partial charge in [-0.1, -0.05) is 6.07 Å². The van der Waals surface area contributed by atoms with Gasteiger partial charge in [-0.05, 0) is 56.2 Å². The topological polar surface area (TPSA) is 67.8 Å². The number of nitrogens with one attached hydrogen (secondary N) is 1. The molecule has 1 heterocycles. The lowest BCUT2D eigenvalue weighted by Gasteiger charge is -2.20. The van der Waals surface area contributed by atoms with E-state index in [2.05, 4.69) is 5.32 Å². The third-order valence-corrected chi connectivity index (χ3v) is 4.13. The average molecular weight is 291 g/mol. The van der Waals surface area contributed by atoms with Crippen molar-refractivity contribution in [3.8, 4) is 11.5 Å². The van der Waals surface area contributed by atoms with Crippen LogP contribution in [0.15, 0.2) is 18.2 Å². The van der Waals surface area contributed by atoms with Gasteiger partial charge in [-0.2, -0.15) is 0 Å². The normalized spacial score (nSPS) is 19.3. The number of carboxylic acid groups (broad SMARTS) is 1. The minimum absolute atomic E-state index is 0.178. The van der Waals surface area contributed by atoms with Crippen LogP contribution in [0.1, 0.15) is 31.7 Å². The van der Waals surface area contributed by atoms with E-state index in [0.29, 0.717) is 12.7 Å². The van der Waals surface area contributed by atoms with Crippen molar-refractivity contribution in [2.24, 2.45) is 5.92 Å². The van der Waals surface area contributed by atoms with Crippen LogP contribution in [-0.2, 0) is 11.2 Å². The SMILES string of the molecule is CC(CCc1ccc2c(c1)OCO2)NC(C(=O)O)C1CC1. The highest BCUT2D eigenvalue weighted by molar-refractivity contribution is 5.74. The molecule has 0 radical (unpaired) electrons. The van der Waals surface area contributed by atoms with Crippen molar-refractivity contribution in [2.75, 3.05) is 6.79 Å². The van der Waals surface area contributed by atoms with Crippen LogP contribution in [0.3, 0.4) is 0 Å². The third-order valence-electron chi connectivity index (χ3n) is 4.13. The molecule has 5 nitrogen and oxygen atoms in total. The van der Waals surface area contributed by atoms with Gasteiger partial charge in [-0.15, -0.1) is 0 Å². The summed E-state index contributed by atoms with van der Waals surface area (Å²) in [5, 5.41) is 12.5. The highest BCUT2D eigenvalue weighted by atomic mass is 16.7. The molecule has 0 bridgehead atoms. The molecule has 5 heteroatoms. The molecule has 21 heavy (non-hydrogen) atoms. The summed E-state index contributed by atoms with van der Waals surface area (Å²) >= 11 is 0. The Morgan fingerprint density at radius 1 is 1.38 bits per heavy atom. The van der Waals surface area contributed by atoms with E-state index in [1.807, 2.05) is 25.1 Å². The van der Waals surface area contributed by atoms with E-state index in [-0.39, 0.29) is 6.04 Å². The fourth-order valence-electron chi connectivity index (χ4n) is 2.71. The maximum Gasteiger partial charge on any atom is 0.320 e. The number of aliphatic carboxylic acids is 1. The second-order valence-corrected chi connectivity index (χ2v) is 5.95. The first-order valence-corrected chi connectivity index (χ1v) is 7.51. The number of ether oxygens (including phenoxy) is 2. The van der Waals surface area contributed by atoms with E-state index >= 15 is 0 Å². The molecular formula is C16H21NO4. The van der Waals surface area contributed by atoms with Crippen molar-refractivity contribution < 1.29 is 19.4 Å². The van der Waals surface area contributed by atoms with Gasteiger partial charge in [0.05, 0.1) is 0 Å². The van der Waals surface area contributed by atoms with Crippen LogP contribution in [0.4, 0.5) is 0 Å². The Balaban J connectivity index is 1.51. The van der Waals surface area contributed by atoms with Crippen molar-refractivity contribution in [3.05, 3.63) is 23.8 Å². The van der Waals surface area contributed by atoms with Gasteiger partial charge in [0.2, 0.25) is 6.79 Å². The molecule has 1 saturated carbocycles. The maximum absolute atomic E-state index is 11.2. The zero-order chi connectivity index (χ0) is 14.8. The number of hydrogen-bond acceptors (Lipinski definition) is 4. The van der Waals surface area contributed by atoms with Gasteiger partial charge < -0.3 is 19.9 Å². The molecule has 0 spiro atoms. The van der Waals surface area contributed by atoms with Gasteiger partial charge in [0.25, 0.3) is 0 Å². The summed E-state index contributed by atoms with van der Waals surface area (Å²) in [7, 11) is 0. The summed E-state index contributed by atoms with van der Waals surface area (Å²) in [4.78, 5) is 11.2. The molecular weight excluding hydrogens is 270 g/mol. The van der Waals surface area contributed by atoms with Gasteiger partial charge in [-0.25, -0.2) is 0 Å². The van der Waals surface area contributed by atoms with E-state index in [1.54, 1.807) is 0 Å². The molecule has 0 saturated heterocycles. The molecule has 1 fully saturated rings. The lowest BCUT2D eigenvalue weighted by Crippen LogP contribution is -2.43. The number of carbonyl (C=O) groups is 1. The zero-order valence-electron chi connectivity index (χ0n) is 12.2. The molecule has 2 N–H and O–H groups in total. The van der Waals surface area contributed by atoms with Crippen molar-refractivity contribution in [3.63, 3.8) is 0 Å². The van der Waals surface area contributed by atoms with Gasteiger partial charge in [0, 0.05) is 6.04 Å². The lowest BCUT2D eigenvalue weighted by atomic mass is 10.0. The average Bonchev–Trinajstić information content (AvgIpc) is 3.19. The lowest BCUT2D eigenvalue weighted by molar-refractivity contribution is -0.140. The summed E-state index contributed by atoms with van der Waals surface area (Å²) < 4.78 is 10.7. The van der Waals surface area contributed by atoms with E-state index < -0.39 is 12.0 Å². The summed E-state index contributed by atoms with van der Waals surface area (Å²) in [5.41, 5.74) is 1.19. The molecule has 2 aliphatic rings. The van der Waals surface area contributed by atoms with Crippen LogP contribution in [-0.4, -0.2) is 30.0 Å². The van der Waals surface area contributed by atoms with Gasteiger partial charge in [0.1, 0.15) is 6.04 Å². The van der Waals surface area contributed by atoms with E-state index in [9.17, 15) is 9.90 Å². The Kier molecular flexibility index (Phi) is 4.01. The number of rotatable bonds is 7. The van der Waals surface area contributed by atoms with Crippen molar-refractivity contribution in [2.45, 2.75) is 44.7 Å². The van der Waals surface area contributed by atoms with E-state index in [4.69, 9.17) is 9.47 Å². The number of hydrogen-bond donors (Lipinski definition) is 2. The fourth-order valence-corrected chi connectivity index (χ4v) is 2.71.